The fourth-order valence-electron chi connectivity index (χ4n) is 4.34. The fraction of sp³-hybridized carbons (Fsp3) is 0.500. The van der Waals surface area contributed by atoms with Gasteiger partial charge in [-0.2, -0.15) is 0 Å². The molecule has 3 aromatic heterocycles. The number of fused-ring (bicyclic) bond motifs is 1. The summed E-state index contributed by atoms with van der Waals surface area (Å²) < 4.78 is 2.26. The van der Waals surface area contributed by atoms with E-state index in [-0.39, 0.29) is 12.1 Å². The average Bonchev–Trinajstić information content (AvgIpc) is 3.41. The van der Waals surface area contributed by atoms with Gasteiger partial charge in [0.2, 0.25) is 0 Å². The summed E-state index contributed by atoms with van der Waals surface area (Å²) in [5.74, 6) is 1.99. The molecule has 0 bridgehead atoms. The van der Waals surface area contributed by atoms with Crippen LogP contribution in [0, 0.1) is 6.92 Å². The Labute approximate surface area is 173 Å². The highest BCUT2D eigenvalue weighted by atomic mass is 32.1. The first-order chi connectivity index (χ1) is 14.2. The van der Waals surface area contributed by atoms with Crippen molar-refractivity contribution in [2.75, 3.05) is 13.1 Å². The number of aliphatic hydroxyl groups is 1. The van der Waals surface area contributed by atoms with E-state index in [1.165, 1.54) is 4.88 Å². The van der Waals surface area contributed by atoms with Crippen LogP contribution in [0.4, 0.5) is 0 Å². The molecule has 2 atom stereocenters. The molecule has 0 aliphatic carbocycles. The molecule has 0 amide bonds. The van der Waals surface area contributed by atoms with Gasteiger partial charge in [-0.25, -0.2) is 4.98 Å². The average molecular weight is 412 g/mol. The third-order valence-corrected chi connectivity index (χ3v) is 6.78. The van der Waals surface area contributed by atoms with Crippen molar-refractivity contribution in [2.24, 2.45) is 0 Å². The Bertz CT molecular complexity index is 972. The monoisotopic (exact) mass is 411 g/mol. The summed E-state index contributed by atoms with van der Waals surface area (Å²) in [4.78, 5) is 14.6. The molecule has 152 valence electrons. The van der Waals surface area contributed by atoms with Crippen molar-refractivity contribution in [1.82, 2.24) is 34.5 Å². The molecule has 0 radical (unpaired) electrons. The maximum atomic E-state index is 10.3. The van der Waals surface area contributed by atoms with Crippen molar-refractivity contribution in [2.45, 2.75) is 51.7 Å². The number of aryl methyl sites for hydroxylation is 1. The molecule has 0 saturated carbocycles. The van der Waals surface area contributed by atoms with Gasteiger partial charge in [0.1, 0.15) is 5.82 Å². The van der Waals surface area contributed by atoms with Crippen molar-refractivity contribution in [3.63, 3.8) is 0 Å². The van der Waals surface area contributed by atoms with Crippen LogP contribution in [0.2, 0.25) is 0 Å². The van der Waals surface area contributed by atoms with Crippen LogP contribution in [0.25, 0.3) is 0 Å². The lowest BCUT2D eigenvalue weighted by Crippen LogP contribution is -2.35. The van der Waals surface area contributed by atoms with Crippen molar-refractivity contribution < 1.29 is 5.11 Å². The molecule has 5 heterocycles. The summed E-state index contributed by atoms with van der Waals surface area (Å²) >= 11 is 1.72. The molecule has 0 aromatic carbocycles. The minimum Gasteiger partial charge on any atom is -0.392 e. The molecule has 29 heavy (non-hydrogen) atoms. The van der Waals surface area contributed by atoms with Crippen molar-refractivity contribution >= 4 is 11.3 Å². The van der Waals surface area contributed by atoms with E-state index in [2.05, 4.69) is 47.5 Å². The van der Waals surface area contributed by atoms with Crippen LogP contribution in [-0.4, -0.2) is 58.8 Å². The zero-order valence-electron chi connectivity index (χ0n) is 16.5. The molecule has 1 saturated heterocycles. The summed E-state index contributed by atoms with van der Waals surface area (Å²) in [7, 11) is 0. The quantitative estimate of drug-likeness (QED) is 0.685. The van der Waals surface area contributed by atoms with Gasteiger partial charge in [0.25, 0.3) is 0 Å². The van der Waals surface area contributed by atoms with E-state index >= 15 is 0 Å². The second-order valence-corrected chi connectivity index (χ2v) is 8.83. The maximum Gasteiger partial charge on any atom is 0.150 e. The number of likely N-dealkylation sites (tertiary alicyclic amines) is 1. The van der Waals surface area contributed by atoms with Gasteiger partial charge in [0.15, 0.2) is 5.82 Å². The van der Waals surface area contributed by atoms with E-state index < -0.39 is 0 Å². The van der Waals surface area contributed by atoms with Crippen LogP contribution < -0.4 is 0 Å². The van der Waals surface area contributed by atoms with Gasteiger partial charge in [0.05, 0.1) is 29.9 Å². The van der Waals surface area contributed by atoms with E-state index in [1.807, 2.05) is 17.8 Å². The molecule has 2 aliphatic heterocycles. The highest BCUT2D eigenvalue weighted by Crippen LogP contribution is 2.33. The zero-order valence-corrected chi connectivity index (χ0v) is 17.3. The largest absolute Gasteiger partial charge is 0.392 e. The number of hydrogen-bond acceptors (Lipinski definition) is 8. The van der Waals surface area contributed by atoms with E-state index in [1.54, 1.807) is 17.5 Å². The SMILES string of the molecule is Cc1ncsc1CN1CCn2c(nnc2[C@@H]2C[C@@H](O)CN2Cc2cccnc2)C1. The standard InChI is InChI=1S/C20H25N7OS/c1-14-18(29-13-22-14)11-25-5-6-27-19(12-25)23-24-20(27)17-7-16(28)10-26(17)9-15-3-2-4-21-8-15/h2-4,8,13,16-17,28H,5-7,9-12H2,1H3/t16-,17+/m1/s1. The number of nitrogens with zero attached hydrogens (tertiary/aromatic N) is 7. The highest BCUT2D eigenvalue weighted by Gasteiger charge is 2.36. The van der Waals surface area contributed by atoms with E-state index in [0.29, 0.717) is 13.0 Å². The summed E-state index contributed by atoms with van der Waals surface area (Å²) in [6, 6.07) is 4.12. The molecule has 2 aliphatic rings. The summed E-state index contributed by atoms with van der Waals surface area (Å²) in [6.45, 7) is 7.03. The number of pyridine rings is 1. The number of β-amino-alcohol motifs (C(OH)–C–C–N with tert-alkyl or cyclic N) is 1. The number of thiazole rings is 1. The molecule has 9 heteroatoms. The lowest BCUT2D eigenvalue weighted by molar-refractivity contribution is 0.171. The topological polar surface area (TPSA) is 83.2 Å². The number of aromatic nitrogens is 5. The predicted octanol–water partition coefficient (Wildman–Crippen LogP) is 1.76. The zero-order chi connectivity index (χ0) is 19.8. The van der Waals surface area contributed by atoms with Gasteiger partial charge in [0, 0.05) is 50.0 Å². The molecule has 0 unspecified atom stereocenters. The summed E-state index contributed by atoms with van der Waals surface area (Å²) in [5.41, 5.74) is 4.18. The molecule has 3 aromatic rings. The van der Waals surface area contributed by atoms with Crippen LogP contribution in [0.15, 0.2) is 30.0 Å². The molecule has 1 N–H and O–H groups in total. The van der Waals surface area contributed by atoms with E-state index in [0.717, 1.165) is 55.6 Å². The van der Waals surface area contributed by atoms with Crippen LogP contribution in [0.3, 0.4) is 0 Å². The molecule has 1 fully saturated rings. The van der Waals surface area contributed by atoms with Gasteiger partial charge in [-0.05, 0) is 25.0 Å². The summed E-state index contributed by atoms with van der Waals surface area (Å²) in [5, 5.41) is 19.4. The Hall–Kier alpha value is -2.20. The van der Waals surface area contributed by atoms with E-state index in [9.17, 15) is 5.11 Å². The van der Waals surface area contributed by atoms with Gasteiger partial charge in [-0.3, -0.25) is 14.8 Å². The second kappa shape index (κ2) is 7.91. The fourth-order valence-corrected chi connectivity index (χ4v) is 5.16. The molecule has 8 nitrogen and oxygen atoms in total. The first-order valence-corrected chi connectivity index (χ1v) is 10.9. The van der Waals surface area contributed by atoms with Crippen molar-refractivity contribution in [1.29, 1.82) is 0 Å². The third-order valence-electron chi connectivity index (χ3n) is 5.86. The van der Waals surface area contributed by atoms with Gasteiger partial charge in [-0.15, -0.1) is 21.5 Å². The van der Waals surface area contributed by atoms with Crippen LogP contribution in [0.1, 0.15) is 40.2 Å². The predicted molar refractivity (Wildman–Crippen MR) is 109 cm³/mol. The van der Waals surface area contributed by atoms with Crippen molar-refractivity contribution in [3.8, 4) is 0 Å². The van der Waals surface area contributed by atoms with Crippen LogP contribution in [-0.2, 0) is 26.2 Å². The number of rotatable bonds is 5. The van der Waals surface area contributed by atoms with Gasteiger partial charge < -0.3 is 9.67 Å². The Balaban J connectivity index is 1.33. The first-order valence-electron chi connectivity index (χ1n) is 10.0. The molecular weight excluding hydrogens is 386 g/mol. The Kier molecular flexibility index (Phi) is 5.13. The van der Waals surface area contributed by atoms with Crippen LogP contribution in [0.5, 0.6) is 0 Å². The molecule has 0 spiro atoms. The second-order valence-electron chi connectivity index (χ2n) is 7.89. The maximum absolute atomic E-state index is 10.3. The van der Waals surface area contributed by atoms with Gasteiger partial charge >= 0.3 is 0 Å². The Morgan fingerprint density at radius 3 is 2.97 bits per heavy atom. The van der Waals surface area contributed by atoms with Crippen LogP contribution >= 0.6 is 11.3 Å². The summed E-state index contributed by atoms with van der Waals surface area (Å²) in [6.07, 6.45) is 4.04. The first kappa shape index (κ1) is 18.8. The minimum atomic E-state index is -0.334. The number of hydrogen-bond donors (Lipinski definition) is 1. The molecule has 5 rings (SSSR count). The lowest BCUT2D eigenvalue weighted by Gasteiger charge is -2.29. The molecular formula is C20H25N7OS. The Morgan fingerprint density at radius 2 is 2.17 bits per heavy atom. The van der Waals surface area contributed by atoms with E-state index in [4.69, 9.17) is 0 Å². The highest BCUT2D eigenvalue weighted by molar-refractivity contribution is 7.09. The normalized spacial score (nSPS) is 22.8. The van der Waals surface area contributed by atoms with Crippen molar-refractivity contribution in [3.05, 3.63) is 57.8 Å². The number of aliphatic hydroxyl groups excluding tert-OH is 1. The van der Waals surface area contributed by atoms with Gasteiger partial charge in [-0.1, -0.05) is 6.07 Å². The minimum absolute atomic E-state index is 0.0850. The third kappa shape index (κ3) is 3.83. The Morgan fingerprint density at radius 1 is 1.24 bits per heavy atom. The lowest BCUT2D eigenvalue weighted by atomic mass is 10.1. The smallest absolute Gasteiger partial charge is 0.150 e.